The summed E-state index contributed by atoms with van der Waals surface area (Å²) < 4.78 is 328. The first-order valence-corrected chi connectivity index (χ1v) is 33.1. The van der Waals surface area contributed by atoms with Crippen LogP contribution in [-0.4, -0.2) is 174 Å². The Kier molecular flexibility index (Phi) is 18.5. The Bertz CT molecular complexity index is 4660. The van der Waals surface area contributed by atoms with Gasteiger partial charge in [0.05, 0.1) is 79.7 Å². The fourth-order valence-corrected chi connectivity index (χ4v) is 15.4. The summed E-state index contributed by atoms with van der Waals surface area (Å²) in [5.74, 6) is -10.8. The fraction of sp³-hybridized carbons (Fsp3) is 0.351. The smallest absolute Gasteiger partial charge is 0.168 e. The van der Waals surface area contributed by atoms with Crippen LogP contribution in [0.25, 0.3) is 33.4 Å². The summed E-state index contributed by atoms with van der Waals surface area (Å²) in [6.45, 7) is -0.00317. The fourth-order valence-electron chi connectivity index (χ4n) is 15.4. The zero-order chi connectivity index (χ0) is 73.2. The molecular formula is C74H58F20N10. The molecule has 12 bridgehead atoms. The number of H-pyrrole nitrogens is 4. The highest BCUT2D eigenvalue weighted by atomic mass is 19.2. The molecule has 0 radical (unpaired) electrons. The summed E-state index contributed by atoms with van der Waals surface area (Å²) in [4.78, 5) is 30.1. The Labute approximate surface area is 576 Å². The number of imidazole rings is 2. The standard InChI is InChI=1S/C74H58F20N10/c75-53-49(54(76)62(84)69(91)61(53)83)43-31-11-13-33(97-31)45(51-57(79)65(87)71(93)66(88)58(51)80)37-17-21-41(101-37)48(74-96-24-26-104(74)28-30-9-5-2-6-10-30)42-22-18-38(102-42)46(52-59(81)67(89)72(94)68(90)60(52)82)34-14-12-32(98-34)44(50-55(77)63(85)70(92)64(86)56(50)78)36-16-20-40(100-36)47(39-19-15-35(43)99-39)73-95-23-25-103(73)27-29-7-3-1-4-8-29/h1-26,49-72,99-102H,27-28H2. The van der Waals surface area contributed by atoms with Crippen molar-refractivity contribution in [1.82, 2.24) is 39.0 Å². The summed E-state index contributed by atoms with van der Waals surface area (Å²) in [6, 6.07) is 26.5. The van der Waals surface area contributed by atoms with Crippen LogP contribution in [0.5, 0.6) is 0 Å². The van der Waals surface area contributed by atoms with Crippen LogP contribution < -0.4 is 21.4 Å². The number of aromatic nitrogens is 8. The minimum Gasteiger partial charge on any atom is -0.355 e. The molecule has 16 unspecified atom stereocenters. The normalized spacial score (nSPS) is 34.7. The maximum Gasteiger partial charge on any atom is 0.168 e. The largest absolute Gasteiger partial charge is 0.355 e. The number of hydrogen-bond donors (Lipinski definition) is 4. The molecule has 9 heterocycles. The van der Waals surface area contributed by atoms with Gasteiger partial charge in [0.1, 0.15) is 61.0 Å². The van der Waals surface area contributed by atoms with Gasteiger partial charge in [0.15, 0.2) is 74.1 Å². The Morgan fingerprint density at radius 3 is 0.875 bits per heavy atom. The van der Waals surface area contributed by atoms with E-state index in [-0.39, 0.29) is 58.0 Å². The number of aromatic amines is 4. The van der Waals surface area contributed by atoms with Crippen LogP contribution in [0.1, 0.15) is 45.6 Å². The molecule has 10 nitrogen and oxygen atoms in total. The summed E-state index contributed by atoms with van der Waals surface area (Å²) in [6.07, 6.45) is -57.1. The zero-order valence-corrected chi connectivity index (χ0v) is 53.5. The van der Waals surface area contributed by atoms with E-state index >= 15 is 87.8 Å². The van der Waals surface area contributed by atoms with E-state index in [2.05, 4.69) is 39.9 Å². The van der Waals surface area contributed by atoms with Crippen LogP contribution in [0, 0.1) is 23.7 Å². The van der Waals surface area contributed by atoms with E-state index in [0.717, 1.165) is 48.6 Å². The average Bonchev–Trinajstić information content (AvgIpc) is 1.42. The molecule has 544 valence electrons. The molecule has 6 aromatic heterocycles. The second-order valence-electron chi connectivity index (χ2n) is 26.7. The van der Waals surface area contributed by atoms with E-state index in [9.17, 15) is 0 Å². The lowest BCUT2D eigenvalue weighted by molar-refractivity contribution is -0.0721. The van der Waals surface area contributed by atoms with Gasteiger partial charge in [-0.3, -0.25) is 0 Å². The van der Waals surface area contributed by atoms with Gasteiger partial charge in [-0.1, -0.05) is 60.7 Å². The van der Waals surface area contributed by atoms with Crippen molar-refractivity contribution >= 4 is 44.9 Å². The number of benzene rings is 2. The summed E-state index contributed by atoms with van der Waals surface area (Å²) in [7, 11) is 0. The maximum atomic E-state index is 17.0. The third-order valence-corrected chi connectivity index (χ3v) is 20.6. The molecule has 104 heavy (non-hydrogen) atoms. The molecule has 7 aliphatic rings. The predicted octanol–water partition coefficient (Wildman–Crippen LogP) is 12.7. The minimum atomic E-state index is -3.37. The van der Waals surface area contributed by atoms with Crippen molar-refractivity contribution < 1.29 is 87.8 Å². The number of aliphatic imine (C=N–C) groups is 2. The van der Waals surface area contributed by atoms with E-state index in [4.69, 9.17) is 0 Å². The number of nitrogens with one attached hydrogen (secondary N) is 4. The molecule has 4 fully saturated rings. The second kappa shape index (κ2) is 27.4. The number of allylic oxidation sites excluding steroid dienone is 6. The molecule has 4 N–H and O–H groups in total. The lowest BCUT2D eigenvalue weighted by Crippen LogP contribution is -2.55. The highest BCUT2D eigenvalue weighted by molar-refractivity contribution is 6.28. The van der Waals surface area contributed by atoms with Crippen LogP contribution in [0.4, 0.5) is 87.8 Å². The predicted molar refractivity (Wildman–Crippen MR) is 346 cm³/mol. The van der Waals surface area contributed by atoms with Crippen molar-refractivity contribution in [2.24, 2.45) is 33.7 Å². The van der Waals surface area contributed by atoms with E-state index in [0.29, 0.717) is 11.1 Å². The highest BCUT2D eigenvalue weighted by Gasteiger charge is 2.60. The van der Waals surface area contributed by atoms with Crippen molar-refractivity contribution in [1.29, 1.82) is 0 Å². The van der Waals surface area contributed by atoms with Gasteiger partial charge in [-0.15, -0.1) is 0 Å². The highest BCUT2D eigenvalue weighted by Crippen LogP contribution is 2.50. The molecule has 15 rings (SSSR count). The number of alkyl halides is 20. The average molecular weight is 1470 g/mol. The van der Waals surface area contributed by atoms with Crippen LogP contribution in [0.15, 0.2) is 180 Å². The van der Waals surface area contributed by atoms with Gasteiger partial charge < -0.3 is 29.1 Å². The SMILES string of the molecule is FC1C(F)C(F)C(C2=C3C=CC(=N3)C(C3C(F)C(F)C(F)C(F)C3F)=c3ccc([nH]3)=C(c3nccn3Cc3ccccc3)c3ccc([nH]3)C(C3C(F)C(F)C(F)C(F)C3F)=C3C=CC(=N3)C(C3C(F)C(F)C(F)C(F)C3F)=c3ccc([nH]3)=C(c3nccn3Cc3ccccc3)c3ccc2[nH]3)C(F)C1F. The van der Waals surface area contributed by atoms with E-state index in [1.165, 1.54) is 49.1 Å². The van der Waals surface area contributed by atoms with E-state index < -0.39 is 214 Å². The van der Waals surface area contributed by atoms with Gasteiger partial charge in [0.25, 0.3) is 0 Å². The quantitative estimate of drug-likeness (QED) is 0.102. The first-order chi connectivity index (χ1) is 49.9. The van der Waals surface area contributed by atoms with Gasteiger partial charge in [0.2, 0.25) is 0 Å². The number of hydrogen-bond acceptors (Lipinski definition) is 4. The first kappa shape index (κ1) is 70.0. The Morgan fingerprint density at radius 1 is 0.279 bits per heavy atom. The van der Waals surface area contributed by atoms with Gasteiger partial charge in [0, 0.05) is 82.3 Å². The topological polar surface area (TPSA) is 124 Å². The number of rotatable bonds is 10. The van der Waals surface area contributed by atoms with Gasteiger partial charge in [-0.05, 0) is 84.0 Å². The summed E-state index contributed by atoms with van der Waals surface area (Å²) >= 11 is 0. The third kappa shape index (κ3) is 11.7. The lowest BCUT2D eigenvalue weighted by Gasteiger charge is -2.38. The molecule has 3 aliphatic heterocycles. The molecular weight excluding hydrogens is 1410 g/mol. The second-order valence-corrected chi connectivity index (χ2v) is 26.7. The van der Waals surface area contributed by atoms with E-state index in [1.807, 2.05) is 0 Å². The monoisotopic (exact) mass is 1470 g/mol. The first-order valence-electron chi connectivity index (χ1n) is 33.1. The van der Waals surface area contributed by atoms with Crippen molar-refractivity contribution in [2.75, 3.05) is 0 Å². The maximum absolute atomic E-state index is 17.0. The molecule has 2 aromatic carbocycles. The molecule has 16 atom stereocenters. The zero-order valence-electron chi connectivity index (χ0n) is 53.5. The summed E-state index contributed by atoms with van der Waals surface area (Å²) in [5.41, 5.74) is -6.08. The van der Waals surface area contributed by atoms with Crippen LogP contribution in [0.3, 0.4) is 0 Å². The van der Waals surface area contributed by atoms with E-state index in [1.54, 1.807) is 69.8 Å². The van der Waals surface area contributed by atoms with Crippen molar-refractivity contribution in [3.05, 3.63) is 237 Å². The number of fused-ring (bicyclic) bond motifs is 10. The van der Waals surface area contributed by atoms with Crippen molar-refractivity contribution in [3.8, 4) is 0 Å². The summed E-state index contributed by atoms with van der Waals surface area (Å²) in [5, 5.41) is -1.31. The molecule has 0 amide bonds. The molecule has 4 saturated carbocycles. The van der Waals surface area contributed by atoms with Gasteiger partial charge in [-0.25, -0.2) is 108 Å². The Balaban J connectivity index is 1.07. The van der Waals surface area contributed by atoms with Crippen molar-refractivity contribution in [2.45, 2.75) is 137 Å². The number of halogens is 20. The Morgan fingerprint density at radius 2 is 0.558 bits per heavy atom. The lowest BCUT2D eigenvalue weighted by atomic mass is 9.76. The minimum absolute atomic E-state index is 0.00158. The van der Waals surface area contributed by atoms with Crippen molar-refractivity contribution in [3.63, 3.8) is 0 Å². The van der Waals surface area contributed by atoms with Gasteiger partial charge >= 0.3 is 0 Å². The molecule has 4 aliphatic carbocycles. The van der Waals surface area contributed by atoms with Crippen LogP contribution in [0.2, 0.25) is 0 Å². The number of nitrogens with zero attached hydrogens (tertiary/aromatic N) is 6. The molecule has 8 aromatic rings. The van der Waals surface area contributed by atoms with Gasteiger partial charge in [-0.2, -0.15) is 0 Å². The molecule has 30 heteroatoms. The third-order valence-electron chi connectivity index (χ3n) is 20.6. The molecule has 0 spiro atoms. The molecule has 0 saturated heterocycles. The Hall–Kier alpha value is -9.64. The van der Waals surface area contributed by atoms with Crippen LogP contribution in [-0.2, 0) is 13.1 Å². The van der Waals surface area contributed by atoms with Crippen LogP contribution >= 0.6 is 0 Å².